The molecule has 1 aliphatic rings. The second-order valence-corrected chi connectivity index (χ2v) is 11.2. The maximum atomic E-state index is 12.5. The van der Waals surface area contributed by atoms with Crippen LogP contribution in [0.2, 0.25) is 5.02 Å². The molecule has 0 N–H and O–H groups in total. The number of ether oxygens (including phenoxy) is 5. The van der Waals surface area contributed by atoms with Crippen LogP contribution in [0.1, 0.15) is 69.7 Å². The van der Waals surface area contributed by atoms with Gasteiger partial charge >= 0.3 is 29.8 Å². The Bertz CT molecular complexity index is 1420. The van der Waals surface area contributed by atoms with E-state index in [2.05, 4.69) is 6.58 Å². The number of hydrogen-bond acceptors (Lipinski definition) is 10. The molecule has 0 spiro atoms. The highest BCUT2D eigenvalue weighted by Crippen LogP contribution is 2.44. The van der Waals surface area contributed by atoms with E-state index >= 15 is 0 Å². The molecular weight excluding hydrogens is 592 g/mol. The molecule has 0 saturated heterocycles. The lowest BCUT2D eigenvalue weighted by molar-refractivity contribution is -0.222. The molecule has 6 atom stereocenters. The Labute approximate surface area is 261 Å². The molecule has 2 aromatic carbocycles. The SMILES string of the molecule is C=C(C)c1ccc(Cc2cc([C@H]3[C@H](OC(C)=O)[C@@H](OC(C)=O)[C@H](OC(C)=O)[C@@H](COC(C)=O)[C@@H]3OC(C)=O)ccc2Cl)cc1. The van der Waals surface area contributed by atoms with Gasteiger partial charge in [-0.2, -0.15) is 0 Å². The minimum atomic E-state index is -1.34. The van der Waals surface area contributed by atoms with Crippen LogP contribution in [0.4, 0.5) is 0 Å². The van der Waals surface area contributed by atoms with E-state index < -0.39 is 66.1 Å². The third-order valence-corrected chi connectivity index (χ3v) is 7.55. The van der Waals surface area contributed by atoms with Crippen LogP contribution in [0.15, 0.2) is 49.0 Å². The number of allylic oxidation sites excluding steroid dienone is 1. The van der Waals surface area contributed by atoms with Crippen molar-refractivity contribution in [2.24, 2.45) is 5.92 Å². The van der Waals surface area contributed by atoms with Crippen molar-refractivity contribution in [2.75, 3.05) is 6.61 Å². The molecule has 1 fully saturated rings. The van der Waals surface area contributed by atoms with Crippen LogP contribution >= 0.6 is 11.6 Å². The van der Waals surface area contributed by atoms with Gasteiger partial charge in [0.15, 0.2) is 18.3 Å². The van der Waals surface area contributed by atoms with Gasteiger partial charge in [0, 0.05) is 39.6 Å². The topological polar surface area (TPSA) is 132 Å². The van der Waals surface area contributed by atoms with Crippen molar-refractivity contribution >= 4 is 47.0 Å². The smallest absolute Gasteiger partial charge is 0.303 e. The quantitative estimate of drug-likeness (QED) is 0.262. The number of carbonyl (C=O) groups is 5. The molecule has 0 heterocycles. The van der Waals surface area contributed by atoms with Gasteiger partial charge in [-0.15, -0.1) is 0 Å². The lowest BCUT2D eigenvalue weighted by Crippen LogP contribution is -2.62. The molecule has 0 amide bonds. The summed E-state index contributed by atoms with van der Waals surface area (Å²) in [5.74, 6) is -5.49. The van der Waals surface area contributed by atoms with Gasteiger partial charge in [0.25, 0.3) is 0 Å². The van der Waals surface area contributed by atoms with E-state index in [4.69, 9.17) is 35.3 Å². The molecule has 10 nitrogen and oxygen atoms in total. The minimum absolute atomic E-state index is 0.359. The van der Waals surface area contributed by atoms with Crippen LogP contribution in [-0.4, -0.2) is 60.9 Å². The Hall–Kier alpha value is -4.18. The molecule has 1 saturated carbocycles. The van der Waals surface area contributed by atoms with Gasteiger partial charge in [0.05, 0.1) is 11.8 Å². The number of benzene rings is 2. The fourth-order valence-electron chi connectivity index (χ4n) is 5.48. The summed E-state index contributed by atoms with van der Waals surface area (Å²) < 4.78 is 28.1. The van der Waals surface area contributed by atoms with Crippen LogP contribution in [0.3, 0.4) is 0 Å². The maximum absolute atomic E-state index is 12.5. The summed E-state index contributed by atoms with van der Waals surface area (Å²) in [5, 5.41) is 0.465. The lowest BCUT2D eigenvalue weighted by atomic mass is 9.70. The molecule has 0 radical (unpaired) electrons. The Balaban J connectivity index is 2.22. The zero-order valence-electron chi connectivity index (χ0n) is 25.6. The third-order valence-electron chi connectivity index (χ3n) is 7.18. The Morgan fingerprint density at radius 1 is 0.682 bits per heavy atom. The number of carbonyl (C=O) groups excluding carboxylic acids is 5. The molecule has 0 bridgehead atoms. The van der Waals surface area contributed by atoms with Gasteiger partial charge in [-0.1, -0.05) is 60.2 Å². The van der Waals surface area contributed by atoms with Crippen LogP contribution in [0, 0.1) is 5.92 Å². The highest BCUT2D eigenvalue weighted by Gasteiger charge is 2.58. The summed E-state index contributed by atoms with van der Waals surface area (Å²) in [7, 11) is 0. The predicted molar refractivity (Wildman–Crippen MR) is 160 cm³/mol. The van der Waals surface area contributed by atoms with Crippen LogP contribution < -0.4 is 0 Å². The monoisotopic (exact) mass is 628 g/mol. The van der Waals surface area contributed by atoms with E-state index in [0.29, 0.717) is 17.0 Å². The normalized spacial score (nSPS) is 22.7. The molecule has 3 rings (SSSR count). The van der Waals surface area contributed by atoms with Crippen molar-refractivity contribution in [3.63, 3.8) is 0 Å². The molecule has 236 valence electrons. The first kappa shape index (κ1) is 34.3. The van der Waals surface area contributed by atoms with Crippen molar-refractivity contribution in [3.05, 3.63) is 76.3 Å². The summed E-state index contributed by atoms with van der Waals surface area (Å²) in [5.41, 5.74) is 4.15. The first-order valence-corrected chi connectivity index (χ1v) is 14.4. The van der Waals surface area contributed by atoms with E-state index in [1.54, 1.807) is 18.2 Å². The predicted octanol–water partition coefficient (Wildman–Crippen LogP) is 4.97. The summed E-state index contributed by atoms with van der Waals surface area (Å²) in [6, 6.07) is 13.0. The first-order valence-electron chi connectivity index (χ1n) is 14.0. The Kier molecular flexibility index (Phi) is 11.7. The highest BCUT2D eigenvalue weighted by molar-refractivity contribution is 6.31. The molecule has 44 heavy (non-hydrogen) atoms. The zero-order chi connectivity index (χ0) is 32.7. The standard InChI is InChI=1S/C33H37ClO10/c1-17(2)24-10-8-23(9-11-24)14-26-15-25(12-13-28(26)34)29-30(41-19(4)36)27(16-40-18(3)35)31(42-20(5)37)33(44-22(7)39)32(29)43-21(6)38/h8-13,15,27,29-33H,1,14,16H2,2-7H3/t27-,29+,30-,31+,32-,33-/m0/s1. The average molecular weight is 629 g/mol. The molecular formula is C33H37ClO10. The largest absolute Gasteiger partial charge is 0.465 e. The Morgan fingerprint density at radius 2 is 1.20 bits per heavy atom. The number of esters is 5. The van der Waals surface area contributed by atoms with Gasteiger partial charge < -0.3 is 23.7 Å². The molecule has 0 aliphatic heterocycles. The van der Waals surface area contributed by atoms with Gasteiger partial charge in [0.1, 0.15) is 12.7 Å². The Morgan fingerprint density at radius 3 is 1.73 bits per heavy atom. The second kappa shape index (κ2) is 15.0. The molecule has 1 aliphatic carbocycles. The first-order chi connectivity index (χ1) is 20.7. The van der Waals surface area contributed by atoms with Crippen molar-refractivity contribution in [1.82, 2.24) is 0 Å². The fourth-order valence-corrected chi connectivity index (χ4v) is 5.66. The van der Waals surface area contributed by atoms with E-state index in [0.717, 1.165) is 36.1 Å². The van der Waals surface area contributed by atoms with Gasteiger partial charge in [-0.3, -0.25) is 24.0 Å². The summed E-state index contributed by atoms with van der Waals surface area (Å²) in [6.45, 7) is 11.4. The van der Waals surface area contributed by atoms with Crippen molar-refractivity contribution in [3.8, 4) is 0 Å². The minimum Gasteiger partial charge on any atom is -0.465 e. The van der Waals surface area contributed by atoms with E-state index in [1.807, 2.05) is 31.2 Å². The summed E-state index contributed by atoms with van der Waals surface area (Å²) >= 11 is 6.63. The molecule has 2 aromatic rings. The number of hydrogen-bond donors (Lipinski definition) is 0. The van der Waals surface area contributed by atoms with E-state index in [-0.39, 0.29) is 6.61 Å². The van der Waals surface area contributed by atoms with Crippen LogP contribution in [0.25, 0.3) is 5.57 Å². The van der Waals surface area contributed by atoms with E-state index in [1.165, 1.54) is 20.8 Å². The fraction of sp³-hybridized carbons (Fsp3) is 0.424. The van der Waals surface area contributed by atoms with Gasteiger partial charge in [-0.05, 0) is 41.7 Å². The number of halogens is 1. The summed E-state index contributed by atoms with van der Waals surface area (Å²) in [6.07, 6.45) is -4.64. The number of rotatable bonds is 10. The van der Waals surface area contributed by atoms with Gasteiger partial charge in [0.2, 0.25) is 0 Å². The van der Waals surface area contributed by atoms with Crippen molar-refractivity contribution in [2.45, 2.75) is 78.3 Å². The van der Waals surface area contributed by atoms with Gasteiger partial charge in [-0.25, -0.2) is 0 Å². The lowest BCUT2D eigenvalue weighted by Gasteiger charge is -2.48. The zero-order valence-corrected chi connectivity index (χ0v) is 26.3. The molecule has 11 heteroatoms. The van der Waals surface area contributed by atoms with E-state index in [9.17, 15) is 24.0 Å². The molecule has 0 aromatic heterocycles. The van der Waals surface area contributed by atoms with Crippen LogP contribution in [0.5, 0.6) is 0 Å². The third kappa shape index (κ3) is 8.92. The maximum Gasteiger partial charge on any atom is 0.303 e. The van der Waals surface area contributed by atoms with Crippen LogP contribution in [-0.2, 0) is 54.1 Å². The van der Waals surface area contributed by atoms with Crippen molar-refractivity contribution in [1.29, 1.82) is 0 Å². The summed E-state index contributed by atoms with van der Waals surface area (Å²) in [4.78, 5) is 61.3. The highest BCUT2D eigenvalue weighted by atomic mass is 35.5. The molecule has 0 unspecified atom stereocenters. The average Bonchev–Trinajstić information content (AvgIpc) is 2.91. The second-order valence-electron chi connectivity index (χ2n) is 10.8. The van der Waals surface area contributed by atoms with Crippen molar-refractivity contribution < 1.29 is 47.7 Å².